The Labute approximate surface area is 122 Å². The summed E-state index contributed by atoms with van der Waals surface area (Å²) in [5.74, 6) is 8.07. The molecule has 0 bridgehead atoms. The van der Waals surface area contributed by atoms with E-state index in [1.54, 1.807) is 12.4 Å². The van der Waals surface area contributed by atoms with Crippen LogP contribution in [0.5, 0.6) is 0 Å². The van der Waals surface area contributed by atoms with Gasteiger partial charge in [-0.25, -0.2) is 9.97 Å². The molecule has 1 aromatic rings. The Kier molecular flexibility index (Phi) is 5.37. The molecule has 1 heterocycles. The Hall–Kier alpha value is -1.60. The molecule has 0 radical (unpaired) electrons. The molecule has 0 saturated heterocycles. The maximum atomic E-state index is 4.32. The Morgan fingerprint density at radius 2 is 1.75 bits per heavy atom. The third kappa shape index (κ3) is 4.21. The maximum Gasteiger partial charge on any atom is 0.225 e. The summed E-state index contributed by atoms with van der Waals surface area (Å²) in [4.78, 5) is 13.0. The van der Waals surface area contributed by atoms with Gasteiger partial charge in [0.1, 0.15) is 0 Å². The van der Waals surface area contributed by atoms with Crippen molar-refractivity contribution in [1.29, 1.82) is 0 Å². The average Bonchev–Trinajstić information content (AvgIpc) is 2.48. The lowest BCUT2D eigenvalue weighted by molar-refractivity contribution is 0.371. The van der Waals surface area contributed by atoms with Crippen LogP contribution in [0.2, 0.25) is 0 Å². The molecular formula is C16H24N4. The molecule has 1 aliphatic rings. The molecule has 0 aromatic carbocycles. The molecule has 0 amide bonds. The van der Waals surface area contributed by atoms with E-state index in [0.29, 0.717) is 12.0 Å². The van der Waals surface area contributed by atoms with Crippen molar-refractivity contribution in [3.05, 3.63) is 18.5 Å². The molecule has 0 N–H and O–H groups in total. The highest BCUT2D eigenvalue weighted by atomic mass is 15.2. The van der Waals surface area contributed by atoms with Gasteiger partial charge in [-0.2, -0.15) is 0 Å². The van der Waals surface area contributed by atoms with Gasteiger partial charge in [0.25, 0.3) is 0 Å². The normalized spacial score (nSPS) is 22.2. The number of hydrogen-bond acceptors (Lipinski definition) is 4. The first-order valence-corrected chi connectivity index (χ1v) is 7.30. The molecule has 0 spiro atoms. The number of anilines is 1. The molecule has 108 valence electrons. The molecule has 2 rings (SSSR count). The lowest BCUT2D eigenvalue weighted by Crippen LogP contribution is -2.36. The van der Waals surface area contributed by atoms with E-state index in [1.807, 2.05) is 6.07 Å². The van der Waals surface area contributed by atoms with Gasteiger partial charge in [0.2, 0.25) is 5.95 Å². The van der Waals surface area contributed by atoms with Crippen molar-refractivity contribution >= 4 is 5.95 Å². The first-order valence-electron chi connectivity index (χ1n) is 7.30. The number of nitrogens with zero attached hydrogens (tertiary/aromatic N) is 4. The van der Waals surface area contributed by atoms with Gasteiger partial charge in [-0.3, -0.25) is 4.90 Å². The van der Waals surface area contributed by atoms with E-state index < -0.39 is 0 Å². The fourth-order valence-corrected chi connectivity index (χ4v) is 2.59. The minimum Gasteiger partial charge on any atom is -0.341 e. The van der Waals surface area contributed by atoms with Crippen LogP contribution in [0.3, 0.4) is 0 Å². The van der Waals surface area contributed by atoms with Crippen LogP contribution >= 0.6 is 0 Å². The minimum atomic E-state index is 0.546. The predicted octanol–water partition coefficient (Wildman–Crippen LogP) is 2.04. The molecule has 20 heavy (non-hydrogen) atoms. The van der Waals surface area contributed by atoms with Crippen LogP contribution in [0.25, 0.3) is 0 Å². The number of aromatic nitrogens is 2. The first kappa shape index (κ1) is 14.8. The van der Waals surface area contributed by atoms with Crippen molar-refractivity contribution in [2.24, 2.45) is 5.92 Å². The molecule has 0 unspecified atom stereocenters. The molecule has 1 saturated carbocycles. The zero-order chi connectivity index (χ0) is 14.4. The summed E-state index contributed by atoms with van der Waals surface area (Å²) in [5, 5.41) is 0. The van der Waals surface area contributed by atoms with Crippen molar-refractivity contribution in [3.63, 3.8) is 0 Å². The van der Waals surface area contributed by atoms with E-state index in [-0.39, 0.29) is 0 Å². The van der Waals surface area contributed by atoms with E-state index in [0.717, 1.165) is 12.5 Å². The van der Waals surface area contributed by atoms with Crippen molar-refractivity contribution in [2.45, 2.75) is 31.7 Å². The molecular weight excluding hydrogens is 248 g/mol. The summed E-state index contributed by atoms with van der Waals surface area (Å²) in [5.41, 5.74) is 0. The van der Waals surface area contributed by atoms with Crippen LogP contribution in [0.15, 0.2) is 18.5 Å². The van der Waals surface area contributed by atoms with Gasteiger partial charge in [0, 0.05) is 31.4 Å². The average molecular weight is 272 g/mol. The zero-order valence-corrected chi connectivity index (χ0v) is 12.7. The van der Waals surface area contributed by atoms with Crippen molar-refractivity contribution in [3.8, 4) is 11.8 Å². The van der Waals surface area contributed by atoms with Gasteiger partial charge < -0.3 is 4.90 Å². The Morgan fingerprint density at radius 1 is 1.10 bits per heavy atom. The highest BCUT2D eigenvalue weighted by Gasteiger charge is 2.24. The molecule has 0 atom stereocenters. The van der Waals surface area contributed by atoms with E-state index in [2.05, 4.69) is 52.8 Å². The van der Waals surface area contributed by atoms with Gasteiger partial charge in [-0.1, -0.05) is 11.8 Å². The van der Waals surface area contributed by atoms with Crippen molar-refractivity contribution in [2.75, 3.05) is 32.6 Å². The third-order valence-electron chi connectivity index (χ3n) is 3.81. The topological polar surface area (TPSA) is 32.3 Å². The Morgan fingerprint density at radius 3 is 2.35 bits per heavy atom. The minimum absolute atomic E-state index is 0.546. The molecule has 1 fully saturated rings. The molecule has 4 heteroatoms. The second-order valence-corrected chi connectivity index (χ2v) is 5.72. The van der Waals surface area contributed by atoms with Gasteiger partial charge in [0.05, 0.1) is 6.54 Å². The van der Waals surface area contributed by atoms with Crippen LogP contribution in [-0.2, 0) is 0 Å². The zero-order valence-electron chi connectivity index (χ0n) is 12.7. The van der Waals surface area contributed by atoms with Gasteiger partial charge in [-0.15, -0.1) is 0 Å². The predicted molar refractivity (Wildman–Crippen MR) is 82.5 cm³/mol. The van der Waals surface area contributed by atoms with Crippen LogP contribution in [0.4, 0.5) is 5.95 Å². The standard InChI is InChI=1S/C16H24N4/c1-19(2)13-4-6-14-7-9-15(10-8-14)20(3)16-17-11-5-12-18-16/h5,11-12,14-15H,7-10,13H2,1-3H3. The SMILES string of the molecule is CN(C)CC#CC1CCC(N(C)c2ncccn2)CC1. The van der Waals surface area contributed by atoms with Gasteiger partial charge in [0.15, 0.2) is 0 Å². The van der Waals surface area contributed by atoms with Gasteiger partial charge in [-0.05, 0) is 45.8 Å². The maximum absolute atomic E-state index is 4.32. The van der Waals surface area contributed by atoms with Gasteiger partial charge >= 0.3 is 0 Å². The molecule has 4 nitrogen and oxygen atoms in total. The molecule has 1 aliphatic carbocycles. The third-order valence-corrected chi connectivity index (χ3v) is 3.81. The summed E-state index contributed by atoms with van der Waals surface area (Å²) in [6.07, 6.45) is 8.32. The summed E-state index contributed by atoms with van der Waals surface area (Å²) in [6.45, 7) is 0.859. The molecule has 0 aliphatic heterocycles. The van der Waals surface area contributed by atoms with E-state index >= 15 is 0 Å². The first-order chi connectivity index (χ1) is 9.66. The van der Waals surface area contributed by atoms with Crippen molar-refractivity contribution in [1.82, 2.24) is 14.9 Å². The fourth-order valence-electron chi connectivity index (χ4n) is 2.59. The summed E-state index contributed by atoms with van der Waals surface area (Å²) in [6, 6.07) is 2.40. The lowest BCUT2D eigenvalue weighted by Gasteiger charge is -2.33. The monoisotopic (exact) mass is 272 g/mol. The van der Waals surface area contributed by atoms with Crippen LogP contribution in [0.1, 0.15) is 25.7 Å². The summed E-state index contributed by atoms with van der Waals surface area (Å²) >= 11 is 0. The van der Waals surface area contributed by atoms with E-state index in [1.165, 1.54) is 25.7 Å². The lowest BCUT2D eigenvalue weighted by atomic mass is 9.86. The van der Waals surface area contributed by atoms with Crippen LogP contribution in [-0.4, -0.2) is 48.6 Å². The summed E-state index contributed by atoms with van der Waals surface area (Å²) < 4.78 is 0. The molecule has 1 aromatic heterocycles. The number of rotatable bonds is 3. The van der Waals surface area contributed by atoms with Crippen LogP contribution in [0, 0.1) is 17.8 Å². The fraction of sp³-hybridized carbons (Fsp3) is 0.625. The highest BCUT2D eigenvalue weighted by Crippen LogP contribution is 2.27. The number of hydrogen-bond donors (Lipinski definition) is 0. The van der Waals surface area contributed by atoms with E-state index in [4.69, 9.17) is 0 Å². The smallest absolute Gasteiger partial charge is 0.225 e. The largest absolute Gasteiger partial charge is 0.341 e. The van der Waals surface area contributed by atoms with E-state index in [9.17, 15) is 0 Å². The highest BCUT2D eigenvalue weighted by molar-refractivity contribution is 5.29. The Bertz CT molecular complexity index is 452. The quantitative estimate of drug-likeness (QED) is 0.788. The Balaban J connectivity index is 1.83. The second-order valence-electron chi connectivity index (χ2n) is 5.72. The summed E-state index contributed by atoms with van der Waals surface area (Å²) in [7, 11) is 6.21. The van der Waals surface area contributed by atoms with Crippen molar-refractivity contribution < 1.29 is 0 Å². The second kappa shape index (κ2) is 7.25. The van der Waals surface area contributed by atoms with Crippen LogP contribution < -0.4 is 4.90 Å².